The summed E-state index contributed by atoms with van der Waals surface area (Å²) in [6.45, 7) is 11.0. The van der Waals surface area contributed by atoms with Gasteiger partial charge in [0.15, 0.2) is 6.10 Å². The van der Waals surface area contributed by atoms with Gasteiger partial charge in [0.25, 0.3) is 0 Å². The van der Waals surface area contributed by atoms with E-state index in [1.54, 1.807) is 38.5 Å². The molecule has 1 N–H and O–H groups in total. The van der Waals surface area contributed by atoms with E-state index in [0.29, 0.717) is 24.8 Å². The van der Waals surface area contributed by atoms with Crippen LogP contribution in [0, 0.1) is 34.0 Å². The van der Waals surface area contributed by atoms with Crippen molar-refractivity contribution in [3.63, 3.8) is 0 Å². The van der Waals surface area contributed by atoms with Gasteiger partial charge in [-0.1, -0.05) is 39.3 Å². The minimum Gasteiger partial charge on any atom is -0.472 e. The van der Waals surface area contributed by atoms with Gasteiger partial charge in [-0.3, -0.25) is 9.59 Å². The zero-order valence-corrected chi connectivity index (χ0v) is 24.8. The second-order valence-electron chi connectivity index (χ2n) is 13.1. The molecule has 1 unspecified atom stereocenters. The number of esters is 3. The number of rotatable bonds is 5. The molecule has 1 aliphatic heterocycles. The lowest BCUT2D eigenvalue weighted by Crippen LogP contribution is -2.69. The second-order valence-corrected chi connectivity index (χ2v) is 13.1. The Morgan fingerprint density at radius 2 is 1.90 bits per heavy atom. The van der Waals surface area contributed by atoms with Crippen LogP contribution in [-0.4, -0.2) is 48.1 Å². The standard InChI is InChI=1S/C32H40O9/c1-8-16(2)28(36)41-27-19-13-18-20(32(6,25(19)35)24(30(27,3)4)23(34)29(37)38-7)9-11-31(5)21(18)14-22(33)40-26(31)17-10-12-39-15-17/h8,10,12,15,19-20,23-24,26-27,34H,9,11,13-14H2,1-7H3/b16-8+/t19?,20-,23+,24-,26-,27+,31+,32+/m0/s1. The fourth-order valence-electron chi connectivity index (χ4n) is 8.72. The van der Waals surface area contributed by atoms with E-state index >= 15 is 0 Å². The van der Waals surface area contributed by atoms with Crippen molar-refractivity contribution >= 4 is 23.7 Å². The van der Waals surface area contributed by atoms with Crippen LogP contribution < -0.4 is 0 Å². The van der Waals surface area contributed by atoms with Crippen molar-refractivity contribution in [3.05, 3.63) is 47.0 Å². The van der Waals surface area contributed by atoms with Gasteiger partial charge in [0.1, 0.15) is 18.0 Å². The number of hydrogen-bond acceptors (Lipinski definition) is 9. The van der Waals surface area contributed by atoms with Gasteiger partial charge in [0.2, 0.25) is 0 Å². The van der Waals surface area contributed by atoms with Gasteiger partial charge in [0, 0.05) is 33.3 Å². The summed E-state index contributed by atoms with van der Waals surface area (Å²) >= 11 is 0. The highest BCUT2D eigenvalue weighted by Crippen LogP contribution is 2.68. The number of ether oxygens (including phenoxy) is 3. The summed E-state index contributed by atoms with van der Waals surface area (Å²) in [5.41, 5.74) is 0.392. The third kappa shape index (κ3) is 4.14. The fourth-order valence-corrected chi connectivity index (χ4v) is 8.72. The molecule has 5 rings (SSSR count). The van der Waals surface area contributed by atoms with Crippen LogP contribution in [0.3, 0.4) is 0 Å². The number of Topliss-reactive ketones (excluding diaryl/α,β-unsaturated/α-hetero) is 1. The Kier molecular flexibility index (Phi) is 7.12. The van der Waals surface area contributed by atoms with Crippen LogP contribution in [-0.2, 0) is 33.4 Å². The summed E-state index contributed by atoms with van der Waals surface area (Å²) in [6.07, 6.45) is 3.34. The summed E-state index contributed by atoms with van der Waals surface area (Å²) in [5.74, 6) is -3.83. The predicted octanol–water partition coefficient (Wildman–Crippen LogP) is 4.64. The third-order valence-electron chi connectivity index (χ3n) is 10.8. The number of methoxy groups -OCH3 is 1. The number of carbonyl (C=O) groups is 4. The van der Waals surface area contributed by atoms with Crippen molar-refractivity contribution in [1.82, 2.24) is 0 Å². The molecule has 2 saturated carbocycles. The quantitative estimate of drug-likeness (QED) is 0.234. The first-order chi connectivity index (χ1) is 19.2. The third-order valence-corrected chi connectivity index (χ3v) is 10.8. The van der Waals surface area contributed by atoms with Crippen LogP contribution in [0.25, 0.3) is 0 Å². The van der Waals surface area contributed by atoms with Crippen molar-refractivity contribution in [2.45, 2.75) is 85.5 Å². The zero-order valence-electron chi connectivity index (χ0n) is 24.8. The molecule has 4 aliphatic rings. The molecule has 41 heavy (non-hydrogen) atoms. The first-order valence-electron chi connectivity index (χ1n) is 14.3. The first-order valence-corrected chi connectivity index (χ1v) is 14.3. The summed E-state index contributed by atoms with van der Waals surface area (Å²) in [6, 6.07) is 1.80. The van der Waals surface area contributed by atoms with E-state index in [1.165, 1.54) is 7.11 Å². The maximum absolute atomic E-state index is 14.5. The average Bonchev–Trinajstić information content (AvgIpc) is 3.46. The smallest absolute Gasteiger partial charge is 0.335 e. The molecule has 9 nitrogen and oxygen atoms in total. The maximum atomic E-state index is 14.5. The Morgan fingerprint density at radius 1 is 1.20 bits per heavy atom. The number of furan rings is 1. The van der Waals surface area contributed by atoms with Gasteiger partial charge in [-0.25, -0.2) is 9.59 Å². The SMILES string of the molecule is C/C=C(\C)C(=O)O[C@@H]1C2CC3=C4CC(=O)O[C@@H](c5ccoc5)[C@]4(C)CC[C@@H]3[C@@](C)(C2=O)[C@@H]([C@@H](O)C(=O)OC)C1(C)C. The average molecular weight is 569 g/mol. The predicted molar refractivity (Wildman–Crippen MR) is 146 cm³/mol. The molecule has 1 aromatic heterocycles. The van der Waals surface area contributed by atoms with Gasteiger partial charge in [-0.05, 0) is 50.7 Å². The molecule has 0 aromatic carbocycles. The normalized spacial score (nSPS) is 37.0. The maximum Gasteiger partial charge on any atom is 0.335 e. The second kappa shape index (κ2) is 9.96. The number of hydrogen-bond donors (Lipinski definition) is 1. The Bertz CT molecular complexity index is 1330. The summed E-state index contributed by atoms with van der Waals surface area (Å²) in [4.78, 5) is 53.5. The van der Waals surface area contributed by atoms with Crippen LogP contribution in [0.2, 0.25) is 0 Å². The van der Waals surface area contributed by atoms with Crippen LogP contribution >= 0.6 is 0 Å². The van der Waals surface area contributed by atoms with Crippen molar-refractivity contribution in [2.24, 2.45) is 34.0 Å². The number of ketones is 1. The van der Waals surface area contributed by atoms with E-state index in [2.05, 4.69) is 6.92 Å². The number of allylic oxidation sites excluding steroid dienone is 2. The molecular formula is C32H40O9. The lowest BCUT2D eigenvalue weighted by Gasteiger charge is -2.64. The van der Waals surface area contributed by atoms with E-state index in [9.17, 15) is 24.3 Å². The fraction of sp³-hybridized carbons (Fsp3) is 0.625. The monoisotopic (exact) mass is 568 g/mol. The Morgan fingerprint density at radius 3 is 2.51 bits per heavy atom. The molecule has 8 atom stereocenters. The number of cyclic esters (lactones) is 1. The van der Waals surface area contributed by atoms with Gasteiger partial charge >= 0.3 is 17.9 Å². The first kappa shape index (κ1) is 29.3. The molecule has 0 amide bonds. The lowest BCUT2D eigenvalue weighted by molar-refractivity contribution is -0.211. The van der Waals surface area contributed by atoms with Crippen molar-refractivity contribution in [1.29, 1.82) is 0 Å². The van der Waals surface area contributed by atoms with Gasteiger partial charge < -0.3 is 23.7 Å². The van der Waals surface area contributed by atoms with E-state index < -0.39 is 58.3 Å². The zero-order chi connectivity index (χ0) is 30.1. The van der Waals surface area contributed by atoms with E-state index in [-0.39, 0.29) is 24.1 Å². The highest BCUT2D eigenvalue weighted by atomic mass is 16.6. The number of aliphatic hydroxyl groups is 1. The Labute approximate surface area is 240 Å². The van der Waals surface area contributed by atoms with Gasteiger partial charge in [-0.15, -0.1) is 0 Å². The molecule has 0 spiro atoms. The van der Waals surface area contributed by atoms with Gasteiger partial charge in [0.05, 0.1) is 32.0 Å². The molecule has 1 saturated heterocycles. The van der Waals surface area contributed by atoms with E-state index in [4.69, 9.17) is 18.6 Å². The highest BCUT2D eigenvalue weighted by molar-refractivity contribution is 5.94. The molecular weight excluding hydrogens is 528 g/mol. The number of carbonyl (C=O) groups excluding carboxylic acids is 4. The van der Waals surface area contributed by atoms with E-state index in [0.717, 1.165) is 16.7 Å². The topological polar surface area (TPSA) is 129 Å². The highest BCUT2D eigenvalue weighted by Gasteiger charge is 2.70. The minimum atomic E-state index is -1.62. The van der Waals surface area contributed by atoms with Gasteiger partial charge in [-0.2, -0.15) is 0 Å². The summed E-state index contributed by atoms with van der Waals surface area (Å²) < 4.78 is 22.3. The largest absolute Gasteiger partial charge is 0.472 e. The molecule has 222 valence electrons. The molecule has 9 heteroatoms. The molecule has 2 bridgehead atoms. The molecule has 3 fully saturated rings. The van der Waals surface area contributed by atoms with Crippen LogP contribution in [0.5, 0.6) is 0 Å². The lowest BCUT2D eigenvalue weighted by atomic mass is 9.40. The van der Waals surface area contributed by atoms with Crippen molar-refractivity contribution in [2.75, 3.05) is 7.11 Å². The van der Waals surface area contributed by atoms with Crippen LogP contribution in [0.4, 0.5) is 0 Å². The summed E-state index contributed by atoms with van der Waals surface area (Å²) in [7, 11) is 1.20. The molecule has 3 aliphatic carbocycles. The molecule has 0 radical (unpaired) electrons. The molecule has 2 heterocycles. The van der Waals surface area contributed by atoms with Crippen LogP contribution in [0.1, 0.15) is 78.9 Å². The Balaban J connectivity index is 1.71. The molecule has 1 aromatic rings. The number of aliphatic hydroxyl groups excluding tert-OH is 1. The van der Waals surface area contributed by atoms with Crippen LogP contribution in [0.15, 0.2) is 45.8 Å². The summed E-state index contributed by atoms with van der Waals surface area (Å²) in [5, 5.41) is 11.5. The Hall–Kier alpha value is -3.20. The number of fused-ring (bicyclic) bond motifs is 5. The van der Waals surface area contributed by atoms with Crippen molar-refractivity contribution in [3.8, 4) is 0 Å². The van der Waals surface area contributed by atoms with Crippen molar-refractivity contribution < 1.29 is 42.9 Å². The minimum absolute atomic E-state index is 0.0867. The van der Waals surface area contributed by atoms with E-state index in [1.807, 2.05) is 20.8 Å².